The molecule has 0 unspecified atom stereocenters. The van der Waals surface area contributed by atoms with Crippen LogP contribution >= 0.6 is 0 Å². The molecule has 3 radical (unpaired) electrons. The van der Waals surface area contributed by atoms with Gasteiger partial charge in [0.25, 0.3) is 0 Å². The van der Waals surface area contributed by atoms with Crippen LogP contribution in [0.4, 0.5) is 0 Å². The zero-order chi connectivity index (χ0) is 9.94. The molecule has 69 valence electrons. The number of rotatable bonds is 3. The van der Waals surface area contributed by atoms with Gasteiger partial charge in [0, 0.05) is 0 Å². The molecule has 0 fully saturated rings. The molecule has 0 spiro atoms. The Morgan fingerprint density at radius 1 is 1.31 bits per heavy atom. The predicted octanol–water partition coefficient (Wildman–Crippen LogP) is 3.70. The first-order chi connectivity index (χ1) is 6.35. The molecule has 0 aliphatic carbocycles. The molecule has 0 amide bonds. The van der Waals surface area contributed by atoms with E-state index in [0.29, 0.717) is 0 Å². The Bertz CT molecular complexity index is 202. The van der Waals surface area contributed by atoms with Crippen molar-refractivity contribution in [1.82, 2.24) is 0 Å². The van der Waals surface area contributed by atoms with Gasteiger partial charge in [-0.3, -0.25) is 0 Å². The second-order valence-electron chi connectivity index (χ2n) is 2.72. The van der Waals surface area contributed by atoms with E-state index in [9.17, 15) is 0 Å². The van der Waals surface area contributed by atoms with E-state index in [2.05, 4.69) is 13.5 Å². The molecular weight excluding hydrogens is 263 g/mol. The number of hydrogen-bond acceptors (Lipinski definition) is 0. The normalized spacial score (nSPS) is 8.46. The summed E-state index contributed by atoms with van der Waals surface area (Å²) >= 11 is 1.68. The summed E-state index contributed by atoms with van der Waals surface area (Å²) in [6.07, 6.45) is 4.63. The van der Waals surface area contributed by atoms with Crippen LogP contribution in [0.1, 0.15) is 25.3 Å². The van der Waals surface area contributed by atoms with Gasteiger partial charge in [-0.15, -0.1) is 0 Å². The second-order valence-corrected chi connectivity index (χ2v) is 4.15. The van der Waals surface area contributed by atoms with Crippen molar-refractivity contribution in [2.75, 3.05) is 0 Å². The van der Waals surface area contributed by atoms with Crippen molar-refractivity contribution < 1.29 is 0 Å². The second kappa shape index (κ2) is 9.84. The van der Waals surface area contributed by atoms with Gasteiger partial charge < -0.3 is 0 Å². The molecule has 13 heavy (non-hydrogen) atoms. The molecule has 0 aromatic heterocycles. The van der Waals surface area contributed by atoms with Crippen LogP contribution in [0.25, 0.3) is 6.08 Å². The summed E-state index contributed by atoms with van der Waals surface area (Å²) in [5.74, 6) is 0. The van der Waals surface area contributed by atoms with Crippen LogP contribution in [0.2, 0.25) is 4.44 Å². The monoisotopic (exact) mass is 281 g/mol. The van der Waals surface area contributed by atoms with Crippen molar-refractivity contribution in [2.24, 2.45) is 0 Å². The fourth-order valence-corrected chi connectivity index (χ4v) is 1.77. The van der Waals surface area contributed by atoms with Gasteiger partial charge >= 0.3 is 46.7 Å². The molecule has 1 rings (SSSR count). The van der Waals surface area contributed by atoms with Gasteiger partial charge in [-0.05, 0) is 5.56 Å². The van der Waals surface area contributed by atoms with Crippen LogP contribution in [0, 0.1) is 0 Å². The van der Waals surface area contributed by atoms with E-state index >= 15 is 0 Å². The summed E-state index contributed by atoms with van der Waals surface area (Å²) in [4.78, 5) is 0. The van der Waals surface area contributed by atoms with Gasteiger partial charge in [0.1, 0.15) is 0 Å². The molecule has 0 saturated carbocycles. The molecule has 0 aliphatic heterocycles. The standard InChI is InChI=1S/C8H8.C4H9.Sn/c1-2-8-6-4-3-5-7-8;1-3-4-2;/h2-7H,1H2;1,3-4H2,2H3;. The summed E-state index contributed by atoms with van der Waals surface area (Å²) in [5.41, 5.74) is 1.17. The van der Waals surface area contributed by atoms with Gasteiger partial charge in [-0.1, -0.05) is 43.0 Å². The zero-order valence-electron chi connectivity index (χ0n) is 8.29. The van der Waals surface area contributed by atoms with Crippen molar-refractivity contribution in [3.8, 4) is 0 Å². The van der Waals surface area contributed by atoms with Crippen LogP contribution in [-0.4, -0.2) is 22.5 Å². The predicted molar refractivity (Wildman–Crippen MR) is 62.0 cm³/mol. The number of unbranched alkanes of at least 4 members (excludes halogenated alkanes) is 1. The Balaban J connectivity index is 0.000000252. The van der Waals surface area contributed by atoms with Crippen LogP contribution in [-0.2, 0) is 0 Å². The average molecular weight is 280 g/mol. The number of hydrogen-bond donors (Lipinski definition) is 0. The molecule has 0 aliphatic rings. The molecule has 0 bridgehead atoms. The summed E-state index contributed by atoms with van der Waals surface area (Å²) in [6, 6.07) is 10.0. The van der Waals surface area contributed by atoms with E-state index in [1.54, 1.807) is 22.5 Å². The molecule has 1 aromatic carbocycles. The first-order valence-electron chi connectivity index (χ1n) is 4.67. The third kappa shape index (κ3) is 8.10. The van der Waals surface area contributed by atoms with Gasteiger partial charge in [-0.2, -0.15) is 0 Å². The van der Waals surface area contributed by atoms with E-state index in [0.717, 1.165) is 0 Å². The molecule has 0 nitrogen and oxygen atoms in total. The summed E-state index contributed by atoms with van der Waals surface area (Å²) < 4.78 is 1.43. The Labute approximate surface area is 95.1 Å². The summed E-state index contributed by atoms with van der Waals surface area (Å²) in [7, 11) is 0. The summed E-state index contributed by atoms with van der Waals surface area (Å²) in [6.45, 7) is 5.86. The quantitative estimate of drug-likeness (QED) is 0.740. The molecular formula is C12H17Sn. The first-order valence-corrected chi connectivity index (χ1v) is 6.69. The summed E-state index contributed by atoms with van der Waals surface area (Å²) in [5, 5.41) is 0. The van der Waals surface area contributed by atoms with E-state index in [1.807, 2.05) is 36.4 Å². The van der Waals surface area contributed by atoms with Crippen LogP contribution in [0.15, 0.2) is 36.9 Å². The number of benzene rings is 1. The average Bonchev–Trinajstić information content (AvgIpc) is 2.21. The van der Waals surface area contributed by atoms with Crippen molar-refractivity contribution in [1.29, 1.82) is 0 Å². The van der Waals surface area contributed by atoms with Crippen LogP contribution in [0.3, 0.4) is 0 Å². The maximum absolute atomic E-state index is 3.63. The fourth-order valence-electron chi connectivity index (χ4n) is 0.766. The SMILES string of the molecule is C=Cc1ccccc1.CCC[CH2][Sn]. The Morgan fingerprint density at radius 2 is 1.92 bits per heavy atom. The van der Waals surface area contributed by atoms with Gasteiger partial charge in [0.15, 0.2) is 0 Å². The van der Waals surface area contributed by atoms with Crippen molar-refractivity contribution in [2.45, 2.75) is 24.2 Å². The molecule has 0 atom stereocenters. The fraction of sp³-hybridized carbons (Fsp3) is 0.333. The topological polar surface area (TPSA) is 0 Å². The Morgan fingerprint density at radius 3 is 2.15 bits per heavy atom. The third-order valence-corrected chi connectivity index (χ3v) is 2.57. The Kier molecular flexibility index (Phi) is 9.66. The minimum atomic E-state index is 1.17. The minimum absolute atomic E-state index is 1.17. The molecule has 1 aromatic rings. The van der Waals surface area contributed by atoms with Gasteiger partial charge in [-0.25, -0.2) is 0 Å². The van der Waals surface area contributed by atoms with E-state index in [-0.39, 0.29) is 0 Å². The van der Waals surface area contributed by atoms with Crippen molar-refractivity contribution in [3.05, 3.63) is 42.5 Å². The molecule has 0 N–H and O–H groups in total. The van der Waals surface area contributed by atoms with Crippen molar-refractivity contribution in [3.63, 3.8) is 0 Å². The van der Waals surface area contributed by atoms with E-state index in [1.165, 1.54) is 22.8 Å². The van der Waals surface area contributed by atoms with Crippen LogP contribution < -0.4 is 0 Å². The van der Waals surface area contributed by atoms with Crippen molar-refractivity contribution >= 4 is 28.6 Å². The van der Waals surface area contributed by atoms with Gasteiger partial charge in [0.2, 0.25) is 0 Å². The van der Waals surface area contributed by atoms with Crippen LogP contribution in [0.5, 0.6) is 0 Å². The van der Waals surface area contributed by atoms with Gasteiger partial charge in [0.05, 0.1) is 0 Å². The zero-order valence-corrected chi connectivity index (χ0v) is 11.1. The molecule has 0 saturated heterocycles. The van der Waals surface area contributed by atoms with E-state index in [4.69, 9.17) is 0 Å². The Hall–Kier alpha value is -0.241. The molecule has 0 heterocycles. The first kappa shape index (κ1) is 12.8. The molecule has 1 heteroatoms. The van der Waals surface area contributed by atoms with E-state index < -0.39 is 0 Å². The maximum atomic E-state index is 3.63. The third-order valence-electron chi connectivity index (χ3n) is 1.57.